The summed E-state index contributed by atoms with van der Waals surface area (Å²) in [4.78, 5) is 18.2. The molecule has 4 atom stereocenters. The van der Waals surface area contributed by atoms with Gasteiger partial charge in [-0.1, -0.05) is 26.7 Å². The minimum Gasteiger partial charge on any atom is -0.491 e. The first-order valence-corrected chi connectivity index (χ1v) is 14.1. The molecule has 0 bridgehead atoms. The highest BCUT2D eigenvalue weighted by atomic mass is 32.2. The summed E-state index contributed by atoms with van der Waals surface area (Å²) in [6, 6.07) is 5.91. The molecular formula is C29H39F2N5O2S. The van der Waals surface area contributed by atoms with Crippen molar-refractivity contribution in [2.24, 2.45) is 11.8 Å². The molecule has 1 saturated carbocycles. The molecule has 0 aliphatic heterocycles. The largest absolute Gasteiger partial charge is 0.491 e. The van der Waals surface area contributed by atoms with Crippen molar-refractivity contribution in [3.05, 3.63) is 47.5 Å². The summed E-state index contributed by atoms with van der Waals surface area (Å²) < 4.78 is 34.9. The van der Waals surface area contributed by atoms with Gasteiger partial charge in [0, 0.05) is 42.6 Å². The van der Waals surface area contributed by atoms with Gasteiger partial charge in [0.2, 0.25) is 0 Å². The fourth-order valence-corrected chi connectivity index (χ4v) is 4.83. The quantitative estimate of drug-likeness (QED) is 0.207. The molecule has 7 nitrogen and oxygen atoms in total. The summed E-state index contributed by atoms with van der Waals surface area (Å²) in [5.41, 5.74) is 0.453. The number of terminal acetylenes is 1. The molecule has 1 aliphatic carbocycles. The molecule has 1 heterocycles. The van der Waals surface area contributed by atoms with Crippen molar-refractivity contribution < 1.29 is 18.3 Å². The standard InChI is InChI=1S/C29H39F2N5O2S/c1-7-20(5)32-9-8-25(17-38-26-14-23(30)13-24(31)15-26)34-29(37)21-11-27(33-16-22-10-19(22)4)35-28(12-21)36(6)39-18(2)3/h1,11-15,18-20,22,25,32H,8-10,16-17H2,2-6H3,(H,33,35)(H,34,37)/t19-,20?,22+,25+/m0/s1. The average molecular weight is 560 g/mol. The van der Waals surface area contributed by atoms with Crippen molar-refractivity contribution in [2.45, 2.75) is 57.9 Å². The molecule has 0 saturated heterocycles. The predicted octanol–water partition coefficient (Wildman–Crippen LogP) is 5.10. The van der Waals surface area contributed by atoms with E-state index in [-0.39, 0.29) is 24.3 Å². The number of aromatic nitrogens is 1. The van der Waals surface area contributed by atoms with E-state index >= 15 is 0 Å². The molecule has 10 heteroatoms. The van der Waals surface area contributed by atoms with Crippen molar-refractivity contribution in [1.29, 1.82) is 0 Å². The number of benzene rings is 1. The van der Waals surface area contributed by atoms with Gasteiger partial charge in [0.15, 0.2) is 0 Å². The van der Waals surface area contributed by atoms with Crippen LogP contribution in [0.4, 0.5) is 20.4 Å². The van der Waals surface area contributed by atoms with Gasteiger partial charge in [0.25, 0.3) is 5.91 Å². The molecule has 2 aromatic rings. The Kier molecular flexibility index (Phi) is 11.3. The van der Waals surface area contributed by atoms with Crippen LogP contribution >= 0.6 is 11.9 Å². The van der Waals surface area contributed by atoms with Crippen LogP contribution in [0.25, 0.3) is 0 Å². The van der Waals surface area contributed by atoms with E-state index in [0.717, 1.165) is 24.7 Å². The van der Waals surface area contributed by atoms with E-state index in [2.05, 4.69) is 42.6 Å². The second-order valence-corrected chi connectivity index (χ2v) is 12.0. The molecule has 3 N–H and O–H groups in total. The maximum Gasteiger partial charge on any atom is 0.251 e. The third-order valence-corrected chi connectivity index (χ3v) is 7.33. The topological polar surface area (TPSA) is 78.5 Å². The van der Waals surface area contributed by atoms with E-state index in [1.54, 1.807) is 24.1 Å². The number of nitrogens with zero attached hydrogens (tertiary/aromatic N) is 2. The number of carbonyl (C=O) groups excluding carboxylic acids is 1. The van der Waals surface area contributed by atoms with Crippen LogP contribution < -0.4 is 25.0 Å². The Balaban J connectivity index is 1.76. The lowest BCUT2D eigenvalue weighted by molar-refractivity contribution is 0.0918. The fourth-order valence-electron chi connectivity index (χ4n) is 4.00. The molecular weight excluding hydrogens is 520 g/mol. The van der Waals surface area contributed by atoms with Gasteiger partial charge in [-0.2, -0.15) is 0 Å². The van der Waals surface area contributed by atoms with Crippen LogP contribution in [-0.2, 0) is 0 Å². The molecule has 212 valence electrons. The highest BCUT2D eigenvalue weighted by Crippen LogP contribution is 2.37. The number of amides is 1. The lowest BCUT2D eigenvalue weighted by atomic mass is 10.1. The zero-order chi connectivity index (χ0) is 28.5. The van der Waals surface area contributed by atoms with E-state index in [0.29, 0.717) is 47.3 Å². The van der Waals surface area contributed by atoms with Gasteiger partial charge >= 0.3 is 0 Å². The zero-order valence-electron chi connectivity index (χ0n) is 23.3. The third-order valence-electron chi connectivity index (χ3n) is 6.40. The van der Waals surface area contributed by atoms with E-state index in [1.165, 1.54) is 6.42 Å². The van der Waals surface area contributed by atoms with Crippen molar-refractivity contribution in [2.75, 3.05) is 36.4 Å². The first-order valence-electron chi connectivity index (χ1n) is 13.3. The maximum atomic E-state index is 13.6. The SMILES string of the molecule is C#CC(C)NCC[C@H](COc1cc(F)cc(F)c1)NC(=O)c1cc(NC[C@H]2C[C@@H]2C)nc(N(C)SC(C)C)c1. The van der Waals surface area contributed by atoms with Gasteiger partial charge in [0.1, 0.15) is 35.6 Å². The minimum absolute atomic E-state index is 0.0203. The van der Waals surface area contributed by atoms with Crippen LogP contribution in [0, 0.1) is 35.8 Å². The van der Waals surface area contributed by atoms with Gasteiger partial charge in [0.05, 0.1) is 12.1 Å². The predicted molar refractivity (Wildman–Crippen MR) is 155 cm³/mol. The van der Waals surface area contributed by atoms with E-state index in [1.807, 2.05) is 18.3 Å². The smallest absolute Gasteiger partial charge is 0.251 e. The number of nitrogens with one attached hydrogen (secondary N) is 3. The number of hydrogen-bond acceptors (Lipinski definition) is 7. The fraction of sp³-hybridized carbons (Fsp3) is 0.517. The van der Waals surface area contributed by atoms with Crippen LogP contribution in [0.2, 0.25) is 0 Å². The van der Waals surface area contributed by atoms with E-state index in [9.17, 15) is 13.6 Å². The Bertz CT molecular complexity index is 1140. The molecule has 1 aromatic heterocycles. The Morgan fingerprint density at radius 2 is 1.92 bits per heavy atom. The van der Waals surface area contributed by atoms with Gasteiger partial charge in [-0.25, -0.2) is 13.8 Å². The molecule has 1 aromatic carbocycles. The molecule has 1 amide bonds. The summed E-state index contributed by atoms with van der Waals surface area (Å²) in [7, 11) is 1.93. The Morgan fingerprint density at radius 3 is 2.54 bits per heavy atom. The zero-order valence-corrected chi connectivity index (χ0v) is 24.1. The first kappa shape index (κ1) is 30.5. The summed E-state index contributed by atoms with van der Waals surface area (Å²) in [6.45, 7) is 9.61. The number of rotatable bonds is 15. The lowest BCUT2D eigenvalue weighted by Gasteiger charge is -2.22. The summed E-state index contributed by atoms with van der Waals surface area (Å²) in [5, 5.41) is 9.94. The number of anilines is 2. The maximum absolute atomic E-state index is 13.6. The lowest BCUT2D eigenvalue weighted by Crippen LogP contribution is -2.42. The van der Waals surface area contributed by atoms with Crippen LogP contribution in [0.15, 0.2) is 30.3 Å². The highest BCUT2D eigenvalue weighted by molar-refractivity contribution is 8.01. The molecule has 1 unspecified atom stereocenters. The molecule has 39 heavy (non-hydrogen) atoms. The number of halogens is 2. The Labute approximate surface area is 235 Å². The van der Waals surface area contributed by atoms with E-state index < -0.39 is 17.7 Å². The number of hydrogen-bond donors (Lipinski definition) is 3. The van der Waals surface area contributed by atoms with Gasteiger partial charge in [-0.05, 0) is 62.2 Å². The second-order valence-electron chi connectivity index (χ2n) is 10.3. The number of ether oxygens (including phenoxy) is 1. The van der Waals surface area contributed by atoms with E-state index in [4.69, 9.17) is 16.1 Å². The van der Waals surface area contributed by atoms with Crippen molar-refractivity contribution in [1.82, 2.24) is 15.6 Å². The summed E-state index contributed by atoms with van der Waals surface area (Å²) >= 11 is 1.62. The van der Waals surface area contributed by atoms with Crippen LogP contribution in [0.5, 0.6) is 5.75 Å². The monoisotopic (exact) mass is 559 g/mol. The average Bonchev–Trinajstić information content (AvgIpc) is 3.59. The second kappa shape index (κ2) is 14.4. The molecule has 3 rings (SSSR count). The first-order chi connectivity index (χ1) is 18.5. The van der Waals surface area contributed by atoms with Crippen LogP contribution in [0.1, 0.15) is 50.9 Å². The third kappa shape index (κ3) is 10.2. The molecule has 0 radical (unpaired) electrons. The minimum atomic E-state index is -0.733. The van der Waals surface area contributed by atoms with Crippen LogP contribution in [0.3, 0.4) is 0 Å². The Morgan fingerprint density at radius 1 is 1.23 bits per heavy atom. The van der Waals surface area contributed by atoms with Gasteiger partial charge in [-0.3, -0.25) is 4.79 Å². The number of carbonyl (C=O) groups is 1. The van der Waals surface area contributed by atoms with Crippen molar-refractivity contribution in [3.63, 3.8) is 0 Å². The highest BCUT2D eigenvalue weighted by Gasteiger charge is 2.32. The molecule has 0 spiro atoms. The molecule has 1 aliphatic rings. The normalized spacial score (nSPS) is 17.7. The van der Waals surface area contributed by atoms with Crippen molar-refractivity contribution >= 4 is 29.5 Å². The molecule has 1 fully saturated rings. The number of pyridine rings is 1. The van der Waals surface area contributed by atoms with Crippen LogP contribution in [-0.4, -0.2) is 55.0 Å². The Hall–Kier alpha value is -3.03. The van der Waals surface area contributed by atoms with Gasteiger partial charge in [-0.15, -0.1) is 6.42 Å². The van der Waals surface area contributed by atoms with Crippen molar-refractivity contribution in [3.8, 4) is 18.1 Å². The summed E-state index contributed by atoms with van der Waals surface area (Å²) in [6.07, 6.45) is 7.12. The summed E-state index contributed by atoms with van der Waals surface area (Å²) in [5.74, 6) is 3.51. The van der Waals surface area contributed by atoms with Gasteiger partial charge < -0.3 is 25.0 Å².